The summed E-state index contributed by atoms with van der Waals surface area (Å²) in [6.07, 6.45) is 0.513. The van der Waals surface area contributed by atoms with Gasteiger partial charge in [0.15, 0.2) is 5.56 Å². The van der Waals surface area contributed by atoms with E-state index in [1.165, 1.54) is 6.07 Å². The second kappa shape index (κ2) is 15.1. The van der Waals surface area contributed by atoms with Crippen LogP contribution in [0.25, 0.3) is 22.5 Å². The number of aromatic nitrogens is 2. The smallest absolute Gasteiger partial charge is 0.355 e. The molecule has 2 aromatic heterocycles. The molecule has 0 aliphatic heterocycles. The lowest BCUT2D eigenvalue weighted by Crippen LogP contribution is -2.27. The van der Waals surface area contributed by atoms with Crippen molar-refractivity contribution < 1.29 is 19.4 Å². The van der Waals surface area contributed by atoms with Gasteiger partial charge in [-0.05, 0) is 64.6 Å². The molecule has 0 fully saturated rings. The second-order valence-electron chi connectivity index (χ2n) is 12.8. The molecule has 0 atom stereocenters. The largest absolute Gasteiger partial charge is 0.506 e. The lowest BCUT2D eigenvalue weighted by atomic mass is 9.96. The number of anilines is 2. The first-order valence-electron chi connectivity index (χ1n) is 16.6. The number of hydrogen-bond donors (Lipinski definition) is 3. The number of hydrogen-bond acceptors (Lipinski definition) is 8. The summed E-state index contributed by atoms with van der Waals surface area (Å²) in [5.74, 6) is -3.27. The number of esters is 2. The topological polar surface area (TPSA) is 136 Å². The van der Waals surface area contributed by atoms with E-state index < -0.39 is 39.9 Å². The van der Waals surface area contributed by atoms with Gasteiger partial charge < -0.3 is 29.6 Å². The molecule has 4 aromatic carbocycles. The maximum absolute atomic E-state index is 13.6. The molecule has 3 N–H and O–H groups in total. The van der Waals surface area contributed by atoms with E-state index >= 15 is 0 Å². The molecule has 6 aromatic rings. The van der Waals surface area contributed by atoms with Crippen molar-refractivity contribution >= 4 is 23.3 Å². The first-order valence-corrected chi connectivity index (χ1v) is 16.6. The Hall–Kier alpha value is -6.68. The Morgan fingerprint density at radius 1 is 0.615 bits per heavy atom. The van der Waals surface area contributed by atoms with Gasteiger partial charge in [-0.1, -0.05) is 84.9 Å². The fourth-order valence-electron chi connectivity index (χ4n) is 6.02. The predicted octanol–water partition coefficient (Wildman–Crippen LogP) is 6.41. The highest BCUT2D eigenvalue weighted by molar-refractivity contribution is 6.04. The van der Waals surface area contributed by atoms with Crippen molar-refractivity contribution in [3.63, 3.8) is 0 Å². The first-order chi connectivity index (χ1) is 25.0. The summed E-state index contributed by atoms with van der Waals surface area (Å²) in [5, 5.41) is 11.5. The summed E-state index contributed by atoms with van der Waals surface area (Å²) in [7, 11) is 7.66. The van der Waals surface area contributed by atoms with Crippen molar-refractivity contribution in [1.29, 1.82) is 0 Å². The number of aromatic amines is 2. The molecule has 0 saturated heterocycles. The normalized spacial score (nSPS) is 10.8. The van der Waals surface area contributed by atoms with E-state index in [1.807, 2.05) is 135 Å². The zero-order valence-corrected chi connectivity index (χ0v) is 29.3. The van der Waals surface area contributed by atoms with E-state index in [1.54, 1.807) is 12.1 Å². The van der Waals surface area contributed by atoms with Gasteiger partial charge in [0, 0.05) is 51.5 Å². The zero-order chi connectivity index (χ0) is 36.9. The average Bonchev–Trinajstić information content (AvgIpc) is 3.14. The fourth-order valence-corrected chi connectivity index (χ4v) is 6.02. The van der Waals surface area contributed by atoms with Gasteiger partial charge in [-0.3, -0.25) is 9.59 Å². The lowest BCUT2D eigenvalue weighted by molar-refractivity contribution is 0.0393. The van der Waals surface area contributed by atoms with Gasteiger partial charge in [-0.15, -0.1) is 0 Å². The van der Waals surface area contributed by atoms with Crippen LogP contribution in [-0.2, 0) is 17.6 Å². The van der Waals surface area contributed by atoms with E-state index in [0.717, 1.165) is 28.1 Å². The van der Waals surface area contributed by atoms with Crippen molar-refractivity contribution in [2.75, 3.05) is 38.0 Å². The predicted molar refractivity (Wildman–Crippen MR) is 204 cm³/mol. The Kier molecular flexibility index (Phi) is 10.2. The number of rotatable bonds is 10. The zero-order valence-electron chi connectivity index (χ0n) is 29.3. The number of benzene rings is 4. The van der Waals surface area contributed by atoms with Gasteiger partial charge in [-0.25, -0.2) is 9.59 Å². The Morgan fingerprint density at radius 3 is 1.62 bits per heavy atom. The summed E-state index contributed by atoms with van der Waals surface area (Å²) in [5.41, 5.74) is 3.76. The lowest BCUT2D eigenvalue weighted by Gasteiger charge is -2.16. The van der Waals surface area contributed by atoms with Crippen molar-refractivity contribution in [3.8, 4) is 28.3 Å². The van der Waals surface area contributed by atoms with Crippen LogP contribution in [0.15, 0.2) is 125 Å². The molecule has 0 spiro atoms. The van der Waals surface area contributed by atoms with Crippen molar-refractivity contribution in [1.82, 2.24) is 9.97 Å². The van der Waals surface area contributed by atoms with Crippen LogP contribution in [0.2, 0.25) is 0 Å². The minimum absolute atomic E-state index is 0.155. The fraction of sp³-hybridized carbons (Fsp3) is 0.143. The molecule has 2 heterocycles. The highest BCUT2D eigenvalue weighted by atomic mass is 16.6. The number of aromatic hydroxyl groups is 1. The summed E-state index contributed by atoms with van der Waals surface area (Å²) in [6.45, 7) is 0. The van der Waals surface area contributed by atoms with Gasteiger partial charge in [0.05, 0.1) is 11.4 Å². The standard InChI is InChI=1S/C42H38N4O6/c1-45(2)31-19-15-28(16-20-31)36-30(23-26-11-7-5-8-12-26)25-34(39(48)43-36)41(50)52-42(51)35-38(47)33(24-27-13-9-6-10-14-27)37(44-40(35)49)29-17-21-32(22-18-29)46(3)4/h5-22,25H,23-24H2,1-4H3,(H,43,48)(H2,44,47,49). The number of nitrogens with zero attached hydrogens (tertiary/aromatic N) is 2. The third-order valence-electron chi connectivity index (χ3n) is 8.83. The van der Waals surface area contributed by atoms with Gasteiger partial charge in [0.25, 0.3) is 11.1 Å². The highest BCUT2D eigenvalue weighted by Crippen LogP contribution is 2.33. The highest BCUT2D eigenvalue weighted by Gasteiger charge is 2.28. The molecule has 52 heavy (non-hydrogen) atoms. The average molecular weight is 695 g/mol. The molecule has 0 amide bonds. The second-order valence-corrected chi connectivity index (χ2v) is 12.8. The van der Waals surface area contributed by atoms with Crippen LogP contribution in [0.5, 0.6) is 5.75 Å². The maximum atomic E-state index is 13.6. The van der Waals surface area contributed by atoms with Crippen LogP contribution in [0.3, 0.4) is 0 Å². The summed E-state index contributed by atoms with van der Waals surface area (Å²) < 4.78 is 5.16. The van der Waals surface area contributed by atoms with Crippen LogP contribution in [-0.4, -0.2) is 55.2 Å². The molecule has 0 unspecified atom stereocenters. The van der Waals surface area contributed by atoms with Gasteiger partial charge >= 0.3 is 11.9 Å². The van der Waals surface area contributed by atoms with E-state index in [4.69, 9.17) is 4.74 Å². The minimum atomic E-state index is -1.39. The maximum Gasteiger partial charge on any atom is 0.355 e. The van der Waals surface area contributed by atoms with Crippen LogP contribution in [0.1, 0.15) is 43.0 Å². The third-order valence-corrected chi connectivity index (χ3v) is 8.83. The number of carbonyl (C=O) groups excluding carboxylic acids is 2. The Balaban J connectivity index is 1.37. The molecule has 0 aliphatic carbocycles. The van der Waals surface area contributed by atoms with Gasteiger partial charge in [0.2, 0.25) is 0 Å². The molecule has 262 valence electrons. The van der Waals surface area contributed by atoms with Gasteiger partial charge in [0.1, 0.15) is 11.3 Å². The number of H-pyrrole nitrogens is 2. The summed E-state index contributed by atoms with van der Waals surface area (Å²) >= 11 is 0. The van der Waals surface area contributed by atoms with Crippen molar-refractivity contribution in [3.05, 3.63) is 169 Å². The van der Waals surface area contributed by atoms with Crippen LogP contribution < -0.4 is 20.9 Å². The summed E-state index contributed by atoms with van der Waals surface area (Å²) in [4.78, 5) is 63.4. The number of nitrogens with one attached hydrogen (secondary N) is 2. The Labute approximate surface area is 300 Å². The molecule has 0 saturated carbocycles. The summed E-state index contributed by atoms with van der Waals surface area (Å²) in [6, 6.07) is 35.1. The molecule has 0 aliphatic rings. The van der Waals surface area contributed by atoms with E-state index in [0.29, 0.717) is 28.9 Å². The molecule has 0 radical (unpaired) electrons. The van der Waals surface area contributed by atoms with E-state index in [-0.39, 0.29) is 12.0 Å². The van der Waals surface area contributed by atoms with Crippen LogP contribution in [0.4, 0.5) is 11.4 Å². The first kappa shape index (κ1) is 35.2. The molecule has 10 heteroatoms. The molecule has 0 bridgehead atoms. The number of pyridine rings is 2. The van der Waals surface area contributed by atoms with Crippen LogP contribution >= 0.6 is 0 Å². The van der Waals surface area contributed by atoms with E-state index in [2.05, 4.69) is 9.97 Å². The minimum Gasteiger partial charge on any atom is -0.506 e. The third kappa shape index (κ3) is 7.56. The number of carbonyl (C=O) groups is 2. The Bertz CT molecular complexity index is 2350. The SMILES string of the molecule is CN(C)c1ccc(-c2[nH]c(=O)c(C(=O)OC(=O)c3c(O)c(Cc4ccccc4)c(-c4ccc(N(C)C)cc4)[nH]c3=O)cc2Cc2ccccc2)cc1. The number of ether oxygens (including phenoxy) is 1. The van der Waals surface area contributed by atoms with E-state index in [9.17, 15) is 24.3 Å². The molecular weight excluding hydrogens is 656 g/mol. The van der Waals surface area contributed by atoms with Crippen molar-refractivity contribution in [2.45, 2.75) is 12.8 Å². The quantitative estimate of drug-likeness (QED) is 0.111. The molecular formula is C42H38N4O6. The monoisotopic (exact) mass is 694 g/mol. The molecule has 6 rings (SSSR count). The van der Waals surface area contributed by atoms with Gasteiger partial charge in [-0.2, -0.15) is 0 Å². The van der Waals surface area contributed by atoms with Crippen molar-refractivity contribution in [2.24, 2.45) is 0 Å². The molecule has 10 nitrogen and oxygen atoms in total. The Morgan fingerprint density at radius 2 is 1.10 bits per heavy atom. The van der Waals surface area contributed by atoms with Crippen LogP contribution in [0, 0.1) is 0 Å².